The molecule has 6 aromatic rings. The van der Waals surface area contributed by atoms with Crippen LogP contribution < -0.4 is 30.3 Å². The highest BCUT2D eigenvalue weighted by molar-refractivity contribution is 7.13. The number of carboxylic acids is 1. The predicted octanol–water partition coefficient (Wildman–Crippen LogP) is 4.47. The van der Waals surface area contributed by atoms with Crippen LogP contribution in [0.3, 0.4) is 0 Å². The number of likely N-dealkylation sites (N-methyl/N-ethyl adjacent to an activating group) is 2. The standard InChI is InChI=1S/C20H19N5O3S.C10H13N3O2.C10H8N2O2S.ClH/c1-12-16(20(27)25(2)17-14(28-12)9-6-10-21-17)22-18(26)19-24-23-15(29-19)11-13-7-4-3-5-8-13;1-6-8(11)10(14)13(2)9-7(15-6)4-3-5-12-9;13-10(14)9-12-11-8(15-9)6-7-4-2-1-3-5-7;/h3-10,12,16H,11H2,1-2H3,(H,22,26);3-6,8H,11H2,1-2H3;1-5H,6H2,(H,13,14);1H/t12-,16+;6-,8+;;/m11../s1. The van der Waals surface area contributed by atoms with Gasteiger partial charge in [-0.2, -0.15) is 0 Å². The number of benzene rings is 2. The number of nitrogens with one attached hydrogen (secondary N) is 1. The van der Waals surface area contributed by atoms with Crippen LogP contribution in [-0.4, -0.2) is 97.5 Å². The summed E-state index contributed by atoms with van der Waals surface area (Å²) < 4.78 is 11.4. The van der Waals surface area contributed by atoms with Crippen molar-refractivity contribution in [3.63, 3.8) is 0 Å². The number of halogens is 1. The maximum absolute atomic E-state index is 12.9. The molecule has 20 heteroatoms. The van der Waals surface area contributed by atoms with Crippen LogP contribution in [0.4, 0.5) is 11.6 Å². The lowest BCUT2D eigenvalue weighted by Crippen LogP contribution is -2.53. The molecule has 8 rings (SSSR count). The van der Waals surface area contributed by atoms with E-state index in [1.54, 1.807) is 64.6 Å². The monoisotopic (exact) mass is 872 g/mol. The second kappa shape index (κ2) is 20.5. The number of nitrogens with two attached hydrogens (primary N) is 1. The van der Waals surface area contributed by atoms with Gasteiger partial charge in [0.15, 0.2) is 23.1 Å². The zero-order valence-electron chi connectivity index (χ0n) is 32.7. The van der Waals surface area contributed by atoms with E-state index in [4.69, 9.17) is 20.3 Å². The zero-order chi connectivity index (χ0) is 42.1. The van der Waals surface area contributed by atoms with Crippen molar-refractivity contribution in [2.45, 2.75) is 51.0 Å². The minimum atomic E-state index is -1.02. The Morgan fingerprint density at radius 3 is 1.67 bits per heavy atom. The molecule has 0 saturated carbocycles. The molecule has 6 heterocycles. The summed E-state index contributed by atoms with van der Waals surface area (Å²) in [5, 5.41) is 28.6. The first kappa shape index (κ1) is 44.7. The minimum absolute atomic E-state index is 0. The van der Waals surface area contributed by atoms with Crippen molar-refractivity contribution in [2.75, 3.05) is 23.9 Å². The lowest BCUT2D eigenvalue weighted by Gasteiger charge is -2.22. The zero-order valence-corrected chi connectivity index (χ0v) is 35.2. The number of anilines is 2. The van der Waals surface area contributed by atoms with E-state index in [1.807, 2.05) is 60.7 Å². The number of fused-ring (bicyclic) bond motifs is 2. The van der Waals surface area contributed by atoms with Crippen LogP contribution in [0.25, 0.3) is 0 Å². The van der Waals surface area contributed by atoms with Gasteiger partial charge in [-0.05, 0) is 49.2 Å². The number of aromatic nitrogens is 6. The van der Waals surface area contributed by atoms with Crippen LogP contribution in [-0.2, 0) is 22.4 Å². The number of pyridine rings is 2. The van der Waals surface area contributed by atoms with Crippen molar-refractivity contribution >= 4 is 70.4 Å². The van der Waals surface area contributed by atoms with Crippen LogP contribution >= 0.6 is 35.1 Å². The van der Waals surface area contributed by atoms with Gasteiger partial charge in [0, 0.05) is 39.3 Å². The molecule has 0 saturated heterocycles. The van der Waals surface area contributed by atoms with Gasteiger partial charge >= 0.3 is 5.97 Å². The molecule has 2 aliphatic rings. The third-order valence-electron chi connectivity index (χ3n) is 8.94. The van der Waals surface area contributed by atoms with Crippen LogP contribution in [0.5, 0.6) is 11.5 Å². The maximum atomic E-state index is 12.9. The van der Waals surface area contributed by atoms with E-state index in [2.05, 4.69) is 35.7 Å². The number of carboxylic acid groups (broad SMARTS) is 1. The van der Waals surface area contributed by atoms with E-state index in [-0.39, 0.29) is 40.3 Å². The maximum Gasteiger partial charge on any atom is 0.367 e. The average molecular weight is 873 g/mol. The topological polar surface area (TPSA) is 229 Å². The Morgan fingerprint density at radius 2 is 1.17 bits per heavy atom. The molecule has 17 nitrogen and oxygen atoms in total. The number of aromatic carboxylic acids is 1. The summed E-state index contributed by atoms with van der Waals surface area (Å²) in [5.41, 5.74) is 7.94. The van der Waals surface area contributed by atoms with Crippen molar-refractivity contribution in [1.29, 1.82) is 0 Å². The number of amides is 3. The molecule has 4 aromatic heterocycles. The highest BCUT2D eigenvalue weighted by Crippen LogP contribution is 2.31. The Morgan fingerprint density at radius 1 is 0.700 bits per heavy atom. The van der Waals surface area contributed by atoms with Gasteiger partial charge in [-0.1, -0.05) is 83.3 Å². The van der Waals surface area contributed by atoms with Crippen molar-refractivity contribution in [3.8, 4) is 11.5 Å². The third kappa shape index (κ3) is 11.0. The van der Waals surface area contributed by atoms with Gasteiger partial charge in [-0.3, -0.25) is 24.2 Å². The predicted molar refractivity (Wildman–Crippen MR) is 227 cm³/mol. The molecule has 0 aliphatic carbocycles. The lowest BCUT2D eigenvalue weighted by molar-refractivity contribution is -0.122. The molecular weight excluding hydrogens is 832 g/mol. The fourth-order valence-corrected chi connectivity index (χ4v) is 7.28. The van der Waals surface area contributed by atoms with Crippen LogP contribution in [0.15, 0.2) is 97.3 Å². The molecule has 2 aliphatic heterocycles. The largest absolute Gasteiger partial charge is 0.485 e. The first-order valence-corrected chi connectivity index (χ1v) is 19.8. The Labute approximate surface area is 359 Å². The third-order valence-corrected chi connectivity index (χ3v) is 10.8. The number of hydrogen-bond acceptors (Lipinski definition) is 15. The van der Waals surface area contributed by atoms with E-state index in [9.17, 15) is 19.2 Å². The molecule has 60 heavy (non-hydrogen) atoms. The van der Waals surface area contributed by atoms with Crippen molar-refractivity contribution < 1.29 is 33.8 Å². The molecule has 4 N–H and O–H groups in total. The summed E-state index contributed by atoms with van der Waals surface area (Å²) >= 11 is 2.32. The Hall–Kier alpha value is -6.41. The van der Waals surface area contributed by atoms with Crippen molar-refractivity contribution in [1.82, 2.24) is 35.7 Å². The summed E-state index contributed by atoms with van der Waals surface area (Å²) in [6.45, 7) is 3.51. The molecular formula is C40H41ClN10O7S2. The minimum Gasteiger partial charge on any atom is -0.485 e. The van der Waals surface area contributed by atoms with Crippen molar-refractivity contribution in [2.24, 2.45) is 5.73 Å². The normalized spacial score (nSPS) is 17.9. The fourth-order valence-electron chi connectivity index (χ4n) is 5.79. The average Bonchev–Trinajstić information content (AvgIpc) is 3.90. The Bertz CT molecular complexity index is 2410. The van der Waals surface area contributed by atoms with E-state index in [0.717, 1.165) is 32.5 Å². The number of carbonyl (C=O) groups is 4. The van der Waals surface area contributed by atoms with Gasteiger partial charge in [-0.15, -0.1) is 32.8 Å². The first-order chi connectivity index (χ1) is 28.4. The number of ether oxygens (including phenoxy) is 2. The highest BCUT2D eigenvalue weighted by atomic mass is 35.5. The molecule has 3 amide bonds. The summed E-state index contributed by atoms with van der Waals surface area (Å²) in [6, 6.07) is 25.1. The van der Waals surface area contributed by atoms with Gasteiger partial charge in [0.2, 0.25) is 15.9 Å². The second-order valence-corrected chi connectivity index (χ2v) is 15.3. The molecule has 0 radical (unpaired) electrons. The van der Waals surface area contributed by atoms with Gasteiger partial charge in [0.05, 0.1) is 0 Å². The van der Waals surface area contributed by atoms with Gasteiger partial charge < -0.3 is 25.6 Å². The molecule has 312 valence electrons. The molecule has 0 spiro atoms. The molecule has 0 fully saturated rings. The number of carbonyl (C=O) groups excluding carboxylic acids is 3. The lowest BCUT2D eigenvalue weighted by atomic mass is 10.1. The second-order valence-electron chi connectivity index (χ2n) is 13.2. The molecule has 4 atom stereocenters. The number of rotatable bonds is 7. The van der Waals surface area contributed by atoms with E-state index in [0.29, 0.717) is 36.0 Å². The Kier molecular flexibility index (Phi) is 15.3. The Balaban J connectivity index is 0.000000186. The van der Waals surface area contributed by atoms with Crippen LogP contribution in [0.2, 0.25) is 0 Å². The quantitative estimate of drug-likeness (QED) is 0.201. The smallest absolute Gasteiger partial charge is 0.367 e. The van der Waals surface area contributed by atoms with E-state index in [1.165, 1.54) is 21.1 Å². The summed E-state index contributed by atoms with van der Waals surface area (Å²) in [7, 11) is 3.26. The van der Waals surface area contributed by atoms with Gasteiger partial charge in [0.1, 0.15) is 34.3 Å². The van der Waals surface area contributed by atoms with Crippen LogP contribution in [0.1, 0.15) is 54.6 Å². The summed E-state index contributed by atoms with van der Waals surface area (Å²) in [6.07, 6.45) is 3.52. The molecule has 0 bridgehead atoms. The fraction of sp³-hybridized carbons (Fsp3) is 0.250. The number of hydrogen-bond donors (Lipinski definition) is 3. The van der Waals surface area contributed by atoms with Crippen molar-refractivity contribution in [3.05, 3.63) is 128 Å². The summed E-state index contributed by atoms with van der Waals surface area (Å²) in [5.74, 6) is 0.0546. The molecule has 0 unspecified atom stereocenters. The summed E-state index contributed by atoms with van der Waals surface area (Å²) in [4.78, 5) is 59.1. The highest BCUT2D eigenvalue weighted by Gasteiger charge is 2.37. The SMILES string of the molecule is C[C@H]1Oc2cccnc2N(C)C(=O)[C@H]1N.C[C@H]1Oc2cccnc2N(C)C(=O)[C@H]1NC(=O)c1nnc(Cc2ccccc2)s1.Cl.O=C(O)c1nnc(Cc2ccccc2)s1. The van der Waals surface area contributed by atoms with E-state index < -0.39 is 30.1 Å². The van der Waals surface area contributed by atoms with Gasteiger partial charge in [-0.25, -0.2) is 14.8 Å². The first-order valence-electron chi connectivity index (χ1n) is 18.2. The molecule has 2 aromatic carbocycles. The van der Waals surface area contributed by atoms with Gasteiger partial charge in [0.25, 0.3) is 11.8 Å². The van der Waals surface area contributed by atoms with E-state index >= 15 is 0 Å². The van der Waals surface area contributed by atoms with Crippen LogP contribution in [0, 0.1) is 0 Å². The number of nitrogens with zero attached hydrogens (tertiary/aromatic N) is 8.